The third-order valence-electron chi connectivity index (χ3n) is 4.09. The summed E-state index contributed by atoms with van der Waals surface area (Å²) in [6.45, 7) is 8.09. The molecule has 0 aliphatic carbocycles. The third-order valence-corrected chi connectivity index (χ3v) is 4.29. The molecule has 25 heavy (non-hydrogen) atoms. The molecule has 0 saturated carbocycles. The van der Waals surface area contributed by atoms with Crippen LogP contribution in [0.3, 0.4) is 0 Å². The fourth-order valence-corrected chi connectivity index (χ4v) is 2.44. The summed E-state index contributed by atoms with van der Waals surface area (Å²) in [4.78, 5) is 12.4. The Balaban J connectivity index is 2.02. The van der Waals surface area contributed by atoms with E-state index in [0.717, 1.165) is 23.2 Å². The standard InChI is InChI=1S/C20H24N2O2S/c1-5-14(3)24-17-10-7-9-16(12-17)19(23)22-20(25)21-18-11-6-8-13(2)15(18)4/h6-12,14H,5H2,1-4H3,(H2,21,22,23,25). The van der Waals surface area contributed by atoms with Crippen LogP contribution >= 0.6 is 12.2 Å². The second-order valence-electron chi connectivity index (χ2n) is 6.02. The van der Waals surface area contributed by atoms with Gasteiger partial charge < -0.3 is 10.1 Å². The lowest BCUT2D eigenvalue weighted by atomic mass is 10.1. The maximum atomic E-state index is 12.4. The second kappa shape index (κ2) is 8.62. The zero-order chi connectivity index (χ0) is 18.4. The predicted molar refractivity (Wildman–Crippen MR) is 106 cm³/mol. The zero-order valence-corrected chi connectivity index (χ0v) is 15.9. The SMILES string of the molecule is CCC(C)Oc1cccc(C(=O)NC(=S)Nc2cccc(C)c2C)c1. The van der Waals surface area contributed by atoms with Crippen molar-refractivity contribution in [2.24, 2.45) is 0 Å². The Hall–Kier alpha value is -2.40. The molecule has 5 heteroatoms. The van der Waals surface area contributed by atoms with Gasteiger partial charge in [-0.25, -0.2) is 0 Å². The van der Waals surface area contributed by atoms with Crippen LogP contribution in [0.1, 0.15) is 41.8 Å². The van der Waals surface area contributed by atoms with Gasteiger partial charge >= 0.3 is 0 Å². The molecule has 0 radical (unpaired) electrons. The fourth-order valence-electron chi connectivity index (χ4n) is 2.24. The van der Waals surface area contributed by atoms with E-state index in [1.165, 1.54) is 0 Å². The van der Waals surface area contributed by atoms with Crippen molar-refractivity contribution < 1.29 is 9.53 Å². The van der Waals surface area contributed by atoms with E-state index in [9.17, 15) is 4.79 Å². The molecule has 1 amide bonds. The van der Waals surface area contributed by atoms with Gasteiger partial charge in [-0.05, 0) is 74.8 Å². The Labute approximate surface area is 154 Å². The number of hydrogen-bond donors (Lipinski definition) is 2. The summed E-state index contributed by atoms with van der Waals surface area (Å²) in [6.07, 6.45) is 1.01. The number of amides is 1. The Kier molecular flexibility index (Phi) is 6.53. The van der Waals surface area contributed by atoms with Crippen molar-refractivity contribution in [1.82, 2.24) is 5.32 Å². The van der Waals surface area contributed by atoms with Crippen LogP contribution in [0.4, 0.5) is 5.69 Å². The molecule has 1 atom stereocenters. The number of ether oxygens (including phenoxy) is 1. The molecule has 0 saturated heterocycles. The molecule has 0 aliphatic rings. The maximum absolute atomic E-state index is 12.4. The number of carbonyl (C=O) groups excluding carboxylic acids is 1. The molecule has 0 bridgehead atoms. The van der Waals surface area contributed by atoms with Crippen LogP contribution in [0.15, 0.2) is 42.5 Å². The number of aryl methyl sites for hydroxylation is 1. The van der Waals surface area contributed by atoms with Crippen molar-refractivity contribution in [1.29, 1.82) is 0 Å². The summed E-state index contributed by atoms with van der Waals surface area (Å²) < 4.78 is 5.76. The van der Waals surface area contributed by atoms with Crippen LogP contribution in [0.5, 0.6) is 5.75 Å². The van der Waals surface area contributed by atoms with E-state index in [-0.39, 0.29) is 17.1 Å². The number of carbonyl (C=O) groups is 1. The minimum absolute atomic E-state index is 0.102. The van der Waals surface area contributed by atoms with E-state index in [2.05, 4.69) is 17.6 Å². The van der Waals surface area contributed by atoms with Crippen molar-refractivity contribution in [3.8, 4) is 5.75 Å². The molecule has 1 unspecified atom stereocenters. The molecule has 2 aromatic rings. The van der Waals surface area contributed by atoms with Gasteiger partial charge in [0.05, 0.1) is 6.10 Å². The molecule has 0 aromatic heterocycles. The monoisotopic (exact) mass is 356 g/mol. The summed E-state index contributed by atoms with van der Waals surface area (Å²) >= 11 is 5.26. The normalized spacial score (nSPS) is 11.5. The number of benzene rings is 2. The van der Waals surface area contributed by atoms with Gasteiger partial charge in [0, 0.05) is 11.3 Å². The highest BCUT2D eigenvalue weighted by molar-refractivity contribution is 7.80. The minimum Gasteiger partial charge on any atom is -0.491 e. The molecule has 0 fully saturated rings. The van der Waals surface area contributed by atoms with Crippen LogP contribution in [-0.4, -0.2) is 17.1 Å². The largest absolute Gasteiger partial charge is 0.491 e. The molecule has 132 valence electrons. The van der Waals surface area contributed by atoms with Gasteiger partial charge in [-0.2, -0.15) is 0 Å². The summed E-state index contributed by atoms with van der Waals surface area (Å²) in [5.41, 5.74) is 3.65. The first kappa shape index (κ1) is 18.9. The molecule has 0 spiro atoms. The zero-order valence-electron chi connectivity index (χ0n) is 15.1. The van der Waals surface area contributed by atoms with E-state index < -0.39 is 0 Å². The van der Waals surface area contributed by atoms with Crippen LogP contribution in [0, 0.1) is 13.8 Å². The van der Waals surface area contributed by atoms with Gasteiger partial charge in [0.15, 0.2) is 5.11 Å². The van der Waals surface area contributed by atoms with E-state index in [4.69, 9.17) is 17.0 Å². The van der Waals surface area contributed by atoms with Crippen molar-refractivity contribution >= 4 is 28.9 Å². The van der Waals surface area contributed by atoms with Crippen LogP contribution < -0.4 is 15.4 Å². The second-order valence-corrected chi connectivity index (χ2v) is 6.43. The summed E-state index contributed by atoms with van der Waals surface area (Å²) in [7, 11) is 0. The molecule has 0 aliphatic heterocycles. The summed E-state index contributed by atoms with van der Waals surface area (Å²) in [5.74, 6) is 0.410. The Morgan fingerprint density at radius 3 is 2.64 bits per heavy atom. The summed E-state index contributed by atoms with van der Waals surface area (Å²) in [6, 6.07) is 13.0. The average Bonchev–Trinajstić information content (AvgIpc) is 2.59. The lowest BCUT2D eigenvalue weighted by Gasteiger charge is -2.14. The first-order chi connectivity index (χ1) is 11.9. The van der Waals surface area contributed by atoms with Crippen molar-refractivity contribution in [2.75, 3.05) is 5.32 Å². The maximum Gasteiger partial charge on any atom is 0.257 e. The molecule has 2 aromatic carbocycles. The van der Waals surface area contributed by atoms with Crippen molar-refractivity contribution in [3.63, 3.8) is 0 Å². The van der Waals surface area contributed by atoms with Crippen molar-refractivity contribution in [2.45, 2.75) is 40.2 Å². The van der Waals surface area contributed by atoms with Crippen LogP contribution in [0.25, 0.3) is 0 Å². The molecular weight excluding hydrogens is 332 g/mol. The number of hydrogen-bond acceptors (Lipinski definition) is 3. The van der Waals surface area contributed by atoms with Gasteiger partial charge in [-0.1, -0.05) is 25.1 Å². The summed E-state index contributed by atoms with van der Waals surface area (Å²) in [5, 5.41) is 6.06. The Morgan fingerprint density at radius 1 is 1.20 bits per heavy atom. The first-order valence-electron chi connectivity index (χ1n) is 8.36. The number of nitrogens with one attached hydrogen (secondary N) is 2. The minimum atomic E-state index is -0.266. The number of anilines is 1. The van der Waals surface area contributed by atoms with E-state index in [0.29, 0.717) is 11.3 Å². The number of rotatable bonds is 5. The van der Waals surface area contributed by atoms with E-state index >= 15 is 0 Å². The van der Waals surface area contributed by atoms with Crippen LogP contribution in [0.2, 0.25) is 0 Å². The van der Waals surface area contributed by atoms with Gasteiger partial charge in [0.2, 0.25) is 0 Å². The van der Waals surface area contributed by atoms with Gasteiger partial charge in [0.25, 0.3) is 5.91 Å². The highest BCUT2D eigenvalue weighted by Crippen LogP contribution is 2.18. The fraction of sp³-hybridized carbons (Fsp3) is 0.300. The van der Waals surface area contributed by atoms with Crippen LogP contribution in [-0.2, 0) is 0 Å². The average molecular weight is 356 g/mol. The Morgan fingerprint density at radius 2 is 1.92 bits per heavy atom. The molecule has 2 rings (SSSR count). The highest BCUT2D eigenvalue weighted by Gasteiger charge is 2.11. The molecule has 4 nitrogen and oxygen atoms in total. The predicted octanol–water partition coefficient (Wildman–Crippen LogP) is 4.61. The van der Waals surface area contributed by atoms with Gasteiger partial charge in [0.1, 0.15) is 5.75 Å². The lowest BCUT2D eigenvalue weighted by Crippen LogP contribution is -2.34. The Bertz CT molecular complexity index is 774. The topological polar surface area (TPSA) is 50.4 Å². The van der Waals surface area contributed by atoms with E-state index in [1.54, 1.807) is 18.2 Å². The lowest BCUT2D eigenvalue weighted by molar-refractivity contribution is 0.0977. The molecule has 2 N–H and O–H groups in total. The first-order valence-corrected chi connectivity index (χ1v) is 8.76. The van der Waals surface area contributed by atoms with E-state index in [1.807, 2.05) is 45.0 Å². The van der Waals surface area contributed by atoms with Gasteiger partial charge in [-0.3, -0.25) is 10.1 Å². The quantitative estimate of drug-likeness (QED) is 0.768. The molecular formula is C20H24N2O2S. The third kappa shape index (κ3) is 5.29. The smallest absolute Gasteiger partial charge is 0.257 e. The van der Waals surface area contributed by atoms with Crippen molar-refractivity contribution in [3.05, 3.63) is 59.2 Å². The van der Waals surface area contributed by atoms with Gasteiger partial charge in [-0.15, -0.1) is 0 Å². The number of thiocarbonyl (C=S) groups is 1. The highest BCUT2D eigenvalue weighted by atomic mass is 32.1. The molecule has 0 heterocycles.